The molecule has 3 rings (SSSR count). The number of piperazine rings is 1. The molecule has 114 valence electrons. The van der Waals surface area contributed by atoms with E-state index >= 15 is 0 Å². The van der Waals surface area contributed by atoms with Crippen molar-refractivity contribution in [3.05, 3.63) is 21.9 Å². The highest BCUT2D eigenvalue weighted by atomic mass is 32.1. The molecular weight excluding hydrogens is 284 g/mol. The van der Waals surface area contributed by atoms with Gasteiger partial charge in [-0.2, -0.15) is 0 Å². The Bertz CT molecular complexity index is 575. The molecule has 1 saturated carbocycles. The molecule has 2 aliphatic rings. The minimum atomic E-state index is -0.635. The van der Waals surface area contributed by atoms with Crippen molar-refractivity contribution in [2.45, 2.75) is 64.1 Å². The number of nitrogens with one attached hydrogen (secondary N) is 1. The van der Waals surface area contributed by atoms with Gasteiger partial charge in [0, 0.05) is 9.75 Å². The fourth-order valence-electron chi connectivity index (χ4n) is 3.59. The van der Waals surface area contributed by atoms with Gasteiger partial charge in [0.25, 0.3) is 0 Å². The SMILES string of the molecule is Cc1ccc(C(C)N2C(=O)C3(CCCC3)NC(=O)C2C)s1. The average Bonchev–Trinajstić information content (AvgIpc) is 3.07. The summed E-state index contributed by atoms with van der Waals surface area (Å²) < 4.78 is 0. The molecule has 1 aromatic rings. The van der Waals surface area contributed by atoms with Gasteiger partial charge in [-0.05, 0) is 45.7 Å². The molecule has 2 heterocycles. The number of carbonyl (C=O) groups is 2. The van der Waals surface area contributed by atoms with Crippen LogP contribution in [0.1, 0.15) is 55.3 Å². The molecule has 0 bridgehead atoms. The molecule has 1 aromatic heterocycles. The zero-order chi connectivity index (χ0) is 15.2. The Hall–Kier alpha value is -1.36. The molecule has 1 aliphatic heterocycles. The largest absolute Gasteiger partial charge is 0.340 e. The van der Waals surface area contributed by atoms with E-state index in [-0.39, 0.29) is 17.9 Å². The van der Waals surface area contributed by atoms with Crippen LogP contribution in [0.25, 0.3) is 0 Å². The van der Waals surface area contributed by atoms with Gasteiger partial charge in [0.2, 0.25) is 11.8 Å². The Morgan fingerprint density at radius 2 is 2.00 bits per heavy atom. The van der Waals surface area contributed by atoms with Crippen LogP contribution in [0.2, 0.25) is 0 Å². The Balaban J connectivity index is 1.94. The zero-order valence-corrected chi connectivity index (χ0v) is 13.6. The number of nitrogens with zero attached hydrogens (tertiary/aromatic N) is 1. The van der Waals surface area contributed by atoms with Crippen LogP contribution in [-0.2, 0) is 9.59 Å². The van der Waals surface area contributed by atoms with Gasteiger partial charge >= 0.3 is 0 Å². The second-order valence-electron chi connectivity index (χ2n) is 6.29. The number of carbonyl (C=O) groups excluding carboxylic acids is 2. The van der Waals surface area contributed by atoms with Crippen molar-refractivity contribution in [3.63, 3.8) is 0 Å². The van der Waals surface area contributed by atoms with Gasteiger partial charge in [-0.1, -0.05) is 12.8 Å². The maximum absolute atomic E-state index is 13.0. The van der Waals surface area contributed by atoms with Crippen molar-refractivity contribution in [2.75, 3.05) is 0 Å². The van der Waals surface area contributed by atoms with Crippen LogP contribution in [0.5, 0.6) is 0 Å². The molecule has 1 spiro atoms. The summed E-state index contributed by atoms with van der Waals surface area (Å²) in [7, 11) is 0. The van der Waals surface area contributed by atoms with Crippen LogP contribution in [0.4, 0.5) is 0 Å². The number of hydrogen-bond donors (Lipinski definition) is 1. The number of rotatable bonds is 2. The lowest BCUT2D eigenvalue weighted by atomic mass is 9.90. The number of amides is 2. The van der Waals surface area contributed by atoms with Crippen LogP contribution < -0.4 is 5.32 Å². The minimum absolute atomic E-state index is 0.0170. The second kappa shape index (κ2) is 5.13. The number of thiophene rings is 1. The summed E-state index contributed by atoms with van der Waals surface area (Å²) >= 11 is 1.70. The van der Waals surface area contributed by atoms with Crippen LogP contribution >= 0.6 is 11.3 Å². The smallest absolute Gasteiger partial charge is 0.249 e. The van der Waals surface area contributed by atoms with Crippen molar-refractivity contribution in [3.8, 4) is 0 Å². The lowest BCUT2D eigenvalue weighted by Crippen LogP contribution is -2.68. The summed E-state index contributed by atoms with van der Waals surface area (Å²) in [5, 5.41) is 3.01. The molecule has 4 nitrogen and oxygen atoms in total. The van der Waals surface area contributed by atoms with E-state index in [1.54, 1.807) is 16.2 Å². The van der Waals surface area contributed by atoms with E-state index in [4.69, 9.17) is 0 Å². The molecule has 2 unspecified atom stereocenters. The van der Waals surface area contributed by atoms with Crippen LogP contribution in [0.15, 0.2) is 12.1 Å². The highest BCUT2D eigenvalue weighted by molar-refractivity contribution is 7.12. The van der Waals surface area contributed by atoms with Crippen molar-refractivity contribution in [1.82, 2.24) is 10.2 Å². The predicted octanol–water partition coefficient (Wildman–Crippen LogP) is 2.78. The summed E-state index contributed by atoms with van der Waals surface area (Å²) in [6.07, 6.45) is 3.58. The van der Waals surface area contributed by atoms with Crippen LogP contribution in [0.3, 0.4) is 0 Å². The summed E-state index contributed by atoms with van der Waals surface area (Å²) in [4.78, 5) is 29.6. The third-order valence-corrected chi connectivity index (χ3v) is 6.02. The molecule has 1 saturated heterocycles. The molecule has 5 heteroatoms. The Morgan fingerprint density at radius 3 is 2.57 bits per heavy atom. The Morgan fingerprint density at radius 1 is 1.33 bits per heavy atom. The monoisotopic (exact) mass is 306 g/mol. The predicted molar refractivity (Wildman–Crippen MR) is 83.1 cm³/mol. The first-order chi connectivity index (χ1) is 9.94. The summed E-state index contributed by atoms with van der Waals surface area (Å²) in [6.45, 7) is 5.92. The maximum Gasteiger partial charge on any atom is 0.249 e. The van der Waals surface area contributed by atoms with Gasteiger partial charge in [-0.15, -0.1) is 11.3 Å². The highest BCUT2D eigenvalue weighted by Gasteiger charge is 2.52. The van der Waals surface area contributed by atoms with E-state index in [0.29, 0.717) is 0 Å². The third-order valence-electron chi connectivity index (χ3n) is 4.85. The standard InChI is InChI=1S/C16H22N2O2S/c1-10-6-7-13(21-10)11(2)18-12(3)14(19)17-16(15(18)20)8-4-5-9-16/h6-7,11-12H,4-5,8-9H2,1-3H3,(H,17,19). The molecule has 0 aromatic carbocycles. The van der Waals surface area contributed by atoms with Crippen LogP contribution in [-0.4, -0.2) is 28.3 Å². The molecule has 0 radical (unpaired) electrons. The van der Waals surface area contributed by atoms with Gasteiger partial charge in [-0.3, -0.25) is 9.59 Å². The van der Waals surface area contributed by atoms with E-state index in [2.05, 4.69) is 24.4 Å². The third kappa shape index (κ3) is 2.27. The molecular formula is C16H22N2O2S. The highest BCUT2D eigenvalue weighted by Crippen LogP contribution is 2.38. The molecule has 2 atom stereocenters. The van der Waals surface area contributed by atoms with Gasteiger partial charge in [0.15, 0.2) is 0 Å². The quantitative estimate of drug-likeness (QED) is 0.913. The second-order valence-corrected chi connectivity index (χ2v) is 7.61. The van der Waals surface area contributed by atoms with Crippen molar-refractivity contribution < 1.29 is 9.59 Å². The molecule has 1 N–H and O–H groups in total. The van der Waals surface area contributed by atoms with Gasteiger partial charge in [-0.25, -0.2) is 0 Å². The Kier molecular flexibility index (Phi) is 3.56. The summed E-state index contributed by atoms with van der Waals surface area (Å²) in [5.74, 6) is 0.0854. The normalized spacial score (nSPS) is 26.2. The minimum Gasteiger partial charge on any atom is -0.340 e. The van der Waals surface area contributed by atoms with E-state index in [0.717, 1.165) is 30.6 Å². The van der Waals surface area contributed by atoms with E-state index < -0.39 is 11.6 Å². The lowest BCUT2D eigenvalue weighted by Gasteiger charge is -2.45. The maximum atomic E-state index is 13.0. The molecule has 2 amide bonds. The zero-order valence-electron chi connectivity index (χ0n) is 12.8. The fraction of sp³-hybridized carbons (Fsp3) is 0.625. The topological polar surface area (TPSA) is 49.4 Å². The van der Waals surface area contributed by atoms with Gasteiger partial charge < -0.3 is 10.2 Å². The number of aryl methyl sites for hydroxylation is 1. The fourth-order valence-corrected chi connectivity index (χ4v) is 4.51. The van der Waals surface area contributed by atoms with Crippen molar-refractivity contribution in [1.29, 1.82) is 0 Å². The average molecular weight is 306 g/mol. The van der Waals surface area contributed by atoms with Crippen molar-refractivity contribution in [2.24, 2.45) is 0 Å². The van der Waals surface area contributed by atoms with E-state index in [1.165, 1.54) is 4.88 Å². The van der Waals surface area contributed by atoms with Gasteiger partial charge in [0.05, 0.1) is 6.04 Å². The Labute approximate surface area is 129 Å². The first-order valence-electron chi connectivity index (χ1n) is 7.66. The van der Waals surface area contributed by atoms with Crippen LogP contribution in [0, 0.1) is 6.92 Å². The molecule has 1 aliphatic carbocycles. The first kappa shape index (κ1) is 14.6. The van der Waals surface area contributed by atoms with E-state index in [9.17, 15) is 9.59 Å². The van der Waals surface area contributed by atoms with Crippen molar-refractivity contribution >= 4 is 23.2 Å². The molecule has 21 heavy (non-hydrogen) atoms. The van der Waals surface area contributed by atoms with E-state index in [1.807, 2.05) is 13.8 Å². The molecule has 2 fully saturated rings. The number of hydrogen-bond acceptors (Lipinski definition) is 3. The summed E-state index contributed by atoms with van der Waals surface area (Å²) in [5.41, 5.74) is -0.635. The summed E-state index contributed by atoms with van der Waals surface area (Å²) in [6, 6.07) is 3.69. The lowest BCUT2D eigenvalue weighted by molar-refractivity contribution is -0.156. The van der Waals surface area contributed by atoms with Gasteiger partial charge in [0.1, 0.15) is 11.6 Å². The first-order valence-corrected chi connectivity index (χ1v) is 8.47.